The largest absolute Gasteiger partial charge is 0.451 e. The number of hydrogen-bond acceptors (Lipinski definition) is 3. The van der Waals surface area contributed by atoms with E-state index in [4.69, 9.17) is 4.42 Å². The van der Waals surface area contributed by atoms with E-state index in [-0.39, 0.29) is 5.76 Å². The van der Waals surface area contributed by atoms with Crippen LogP contribution in [0.3, 0.4) is 0 Å². The first-order chi connectivity index (χ1) is 11.1. The molecule has 0 spiro atoms. The van der Waals surface area contributed by atoms with E-state index in [0.29, 0.717) is 16.7 Å². The highest BCUT2D eigenvalue weighted by Crippen LogP contribution is 2.25. The van der Waals surface area contributed by atoms with Gasteiger partial charge in [0.05, 0.1) is 6.07 Å². The molecule has 5 heteroatoms. The molecule has 0 radical (unpaired) electrons. The van der Waals surface area contributed by atoms with Crippen molar-refractivity contribution in [3.63, 3.8) is 0 Å². The number of hydrogen-bond donors (Lipinski definition) is 1. The molecule has 2 aromatic carbocycles. The monoisotopic (exact) mass is 308 g/mol. The molecule has 0 bridgehead atoms. The number of fused-ring (bicyclic) bond motifs is 1. The lowest BCUT2D eigenvalue weighted by Gasteiger charge is -2.11. The fourth-order valence-corrected chi connectivity index (χ4v) is 2.43. The van der Waals surface area contributed by atoms with Crippen LogP contribution in [-0.2, 0) is 0 Å². The summed E-state index contributed by atoms with van der Waals surface area (Å²) in [6.07, 6.45) is 0. The second-order valence-corrected chi connectivity index (χ2v) is 5.14. The molecule has 114 valence electrons. The summed E-state index contributed by atoms with van der Waals surface area (Å²) in [5.41, 5.74) is 1.84. The summed E-state index contributed by atoms with van der Waals surface area (Å²) in [6, 6.07) is 13.9. The van der Waals surface area contributed by atoms with Crippen LogP contribution in [0.4, 0.5) is 4.39 Å². The summed E-state index contributed by atoms with van der Waals surface area (Å²) < 4.78 is 18.5. The van der Waals surface area contributed by atoms with Crippen LogP contribution >= 0.6 is 0 Å². The SMILES string of the molecule is Cc1c(C(=O)N[C@H](C#N)c2ccc(F)cc2)oc2ccccc12. The van der Waals surface area contributed by atoms with Gasteiger partial charge < -0.3 is 9.73 Å². The highest BCUT2D eigenvalue weighted by Gasteiger charge is 2.21. The van der Waals surface area contributed by atoms with E-state index in [9.17, 15) is 14.4 Å². The van der Waals surface area contributed by atoms with E-state index in [1.165, 1.54) is 24.3 Å². The van der Waals surface area contributed by atoms with Crippen molar-refractivity contribution in [1.29, 1.82) is 5.26 Å². The van der Waals surface area contributed by atoms with Gasteiger partial charge in [0, 0.05) is 10.9 Å². The molecule has 1 N–H and O–H groups in total. The predicted octanol–water partition coefficient (Wildman–Crippen LogP) is 3.88. The maximum Gasteiger partial charge on any atom is 0.288 e. The maximum atomic E-state index is 13.0. The molecule has 1 heterocycles. The number of nitriles is 1. The Hall–Kier alpha value is -3.13. The number of rotatable bonds is 3. The smallest absolute Gasteiger partial charge is 0.288 e. The van der Waals surface area contributed by atoms with Crippen LogP contribution in [0, 0.1) is 24.1 Å². The van der Waals surface area contributed by atoms with Gasteiger partial charge in [-0.2, -0.15) is 5.26 Å². The Morgan fingerprint density at radius 1 is 1.22 bits per heavy atom. The number of nitrogens with one attached hydrogen (secondary N) is 1. The lowest BCUT2D eigenvalue weighted by molar-refractivity contribution is 0.0918. The van der Waals surface area contributed by atoms with Crippen molar-refractivity contribution in [2.45, 2.75) is 13.0 Å². The first-order valence-corrected chi connectivity index (χ1v) is 7.04. The summed E-state index contributed by atoms with van der Waals surface area (Å²) in [5.74, 6) is -0.701. The van der Waals surface area contributed by atoms with Gasteiger partial charge in [-0.15, -0.1) is 0 Å². The third-order valence-corrected chi connectivity index (χ3v) is 3.66. The van der Waals surface area contributed by atoms with Crippen molar-refractivity contribution in [1.82, 2.24) is 5.32 Å². The van der Waals surface area contributed by atoms with Crippen molar-refractivity contribution >= 4 is 16.9 Å². The number of para-hydroxylation sites is 1. The van der Waals surface area contributed by atoms with Crippen LogP contribution in [-0.4, -0.2) is 5.91 Å². The van der Waals surface area contributed by atoms with Gasteiger partial charge in [-0.3, -0.25) is 4.79 Å². The highest BCUT2D eigenvalue weighted by atomic mass is 19.1. The van der Waals surface area contributed by atoms with Gasteiger partial charge >= 0.3 is 0 Å². The number of carbonyl (C=O) groups is 1. The average Bonchev–Trinajstić information content (AvgIpc) is 2.91. The summed E-state index contributed by atoms with van der Waals surface area (Å²) in [7, 11) is 0. The van der Waals surface area contributed by atoms with Gasteiger partial charge in [0.1, 0.15) is 17.4 Å². The lowest BCUT2D eigenvalue weighted by atomic mass is 10.1. The van der Waals surface area contributed by atoms with Gasteiger partial charge in [-0.05, 0) is 30.7 Å². The second-order valence-electron chi connectivity index (χ2n) is 5.14. The molecule has 1 aromatic heterocycles. The maximum absolute atomic E-state index is 13.0. The van der Waals surface area contributed by atoms with E-state index in [1.54, 1.807) is 13.0 Å². The number of halogens is 1. The molecule has 0 saturated carbocycles. The quantitative estimate of drug-likeness (QED) is 0.798. The van der Waals surface area contributed by atoms with E-state index in [0.717, 1.165) is 5.39 Å². The molecular formula is C18H13FN2O2. The molecule has 0 aliphatic rings. The van der Waals surface area contributed by atoms with Crippen LogP contribution < -0.4 is 5.32 Å². The van der Waals surface area contributed by atoms with Crippen LogP contribution in [0.2, 0.25) is 0 Å². The summed E-state index contributed by atoms with van der Waals surface area (Å²) in [4.78, 5) is 12.4. The van der Waals surface area contributed by atoms with Gasteiger partial charge in [-0.1, -0.05) is 30.3 Å². The number of aryl methyl sites for hydroxylation is 1. The zero-order chi connectivity index (χ0) is 16.4. The molecule has 0 unspecified atom stereocenters. The number of amides is 1. The fourth-order valence-electron chi connectivity index (χ4n) is 2.43. The van der Waals surface area contributed by atoms with Crippen LogP contribution in [0.15, 0.2) is 52.9 Å². The van der Waals surface area contributed by atoms with Gasteiger partial charge in [0.2, 0.25) is 0 Å². The number of benzene rings is 2. The summed E-state index contributed by atoms with van der Waals surface area (Å²) in [5, 5.41) is 12.7. The molecule has 23 heavy (non-hydrogen) atoms. The Kier molecular flexibility index (Phi) is 3.82. The zero-order valence-corrected chi connectivity index (χ0v) is 12.3. The molecule has 0 aliphatic carbocycles. The average molecular weight is 308 g/mol. The molecule has 1 amide bonds. The minimum atomic E-state index is -0.879. The first-order valence-electron chi connectivity index (χ1n) is 7.04. The molecule has 4 nitrogen and oxygen atoms in total. The Morgan fingerprint density at radius 3 is 2.57 bits per heavy atom. The van der Waals surface area contributed by atoms with Crippen molar-refractivity contribution in [2.75, 3.05) is 0 Å². The lowest BCUT2D eigenvalue weighted by Crippen LogP contribution is -2.27. The van der Waals surface area contributed by atoms with Crippen molar-refractivity contribution in [3.8, 4) is 6.07 Å². The summed E-state index contributed by atoms with van der Waals surface area (Å²) in [6.45, 7) is 1.79. The third-order valence-electron chi connectivity index (χ3n) is 3.66. The molecule has 0 aliphatic heterocycles. The molecular weight excluding hydrogens is 295 g/mol. The van der Waals surface area contributed by atoms with E-state index < -0.39 is 17.8 Å². The van der Waals surface area contributed by atoms with Crippen molar-refractivity contribution in [2.24, 2.45) is 0 Å². The Balaban J connectivity index is 1.88. The number of nitrogens with zero attached hydrogens (tertiary/aromatic N) is 1. The van der Waals surface area contributed by atoms with Crippen molar-refractivity contribution in [3.05, 3.63) is 71.2 Å². The standard InChI is InChI=1S/C18H13FN2O2/c1-11-14-4-2-3-5-16(14)23-17(11)18(22)21-15(10-20)12-6-8-13(19)9-7-12/h2-9,15H,1H3,(H,21,22)/t15-/m1/s1. The topological polar surface area (TPSA) is 66.0 Å². The minimum Gasteiger partial charge on any atom is -0.451 e. The first kappa shape index (κ1) is 14.8. The Bertz CT molecular complexity index is 907. The van der Waals surface area contributed by atoms with Crippen LogP contribution in [0.1, 0.15) is 27.7 Å². The fraction of sp³-hybridized carbons (Fsp3) is 0.111. The molecule has 3 aromatic rings. The molecule has 0 saturated heterocycles. The van der Waals surface area contributed by atoms with Gasteiger partial charge in [-0.25, -0.2) is 4.39 Å². The Morgan fingerprint density at radius 2 is 1.91 bits per heavy atom. The van der Waals surface area contributed by atoms with E-state index in [2.05, 4.69) is 5.32 Å². The molecule has 1 atom stereocenters. The molecule has 3 rings (SSSR count). The van der Waals surface area contributed by atoms with Crippen LogP contribution in [0.5, 0.6) is 0 Å². The highest BCUT2D eigenvalue weighted by molar-refractivity contribution is 5.99. The van der Waals surface area contributed by atoms with Crippen molar-refractivity contribution < 1.29 is 13.6 Å². The normalized spacial score (nSPS) is 11.9. The molecule has 0 fully saturated rings. The van der Waals surface area contributed by atoms with Gasteiger partial charge in [0.25, 0.3) is 5.91 Å². The Labute approximate surface area is 132 Å². The van der Waals surface area contributed by atoms with Crippen LogP contribution in [0.25, 0.3) is 11.0 Å². The third kappa shape index (κ3) is 2.79. The predicted molar refractivity (Wildman–Crippen MR) is 83.2 cm³/mol. The van der Waals surface area contributed by atoms with Gasteiger partial charge in [0.15, 0.2) is 5.76 Å². The van der Waals surface area contributed by atoms with E-state index >= 15 is 0 Å². The minimum absolute atomic E-state index is 0.175. The second kappa shape index (κ2) is 5.93. The zero-order valence-electron chi connectivity index (χ0n) is 12.3. The number of carbonyl (C=O) groups excluding carboxylic acids is 1. The number of furan rings is 1. The van der Waals surface area contributed by atoms with E-state index in [1.807, 2.05) is 24.3 Å². The summed E-state index contributed by atoms with van der Waals surface area (Å²) >= 11 is 0.